The molecule has 1 aliphatic heterocycles. The molecule has 1 aliphatic rings. The number of nitrogens with zero attached hydrogens (tertiary/aromatic N) is 3. The van der Waals surface area contributed by atoms with Gasteiger partial charge in [-0.25, -0.2) is 0 Å². The van der Waals surface area contributed by atoms with Gasteiger partial charge in [-0.15, -0.1) is 0 Å². The van der Waals surface area contributed by atoms with E-state index in [2.05, 4.69) is 218 Å². The third-order valence-corrected chi connectivity index (χ3v) is 11.2. The Balaban J connectivity index is 1.20. The van der Waals surface area contributed by atoms with Crippen LogP contribution in [0.3, 0.4) is 0 Å². The van der Waals surface area contributed by atoms with E-state index in [9.17, 15) is 0 Å². The van der Waals surface area contributed by atoms with E-state index in [4.69, 9.17) is 4.99 Å². The maximum Gasteiger partial charge on any atom is 0.0643 e. The van der Waals surface area contributed by atoms with Crippen LogP contribution in [0.25, 0.3) is 55.8 Å². The maximum absolute atomic E-state index is 4.79. The monoisotopic (exact) mass is 761 g/mol. The number of para-hydroxylation sites is 2. The Bertz CT molecular complexity index is 2890. The summed E-state index contributed by atoms with van der Waals surface area (Å²) in [5.74, 6) is 0.254. The van der Waals surface area contributed by atoms with Crippen molar-refractivity contribution >= 4 is 50.7 Å². The molecule has 0 spiro atoms. The zero-order chi connectivity index (χ0) is 40.1. The number of hydrogen-bond acceptors (Lipinski definition) is 2. The van der Waals surface area contributed by atoms with Crippen LogP contribution >= 0.6 is 0 Å². The van der Waals surface area contributed by atoms with E-state index in [1.165, 1.54) is 49.6 Å². The largest absolute Gasteiger partial charge is 0.310 e. The number of allylic oxidation sites excluding steroid dienone is 5. The molecule has 0 unspecified atom stereocenters. The van der Waals surface area contributed by atoms with Crippen molar-refractivity contribution in [3.8, 4) is 27.9 Å². The second kappa shape index (κ2) is 16.7. The summed E-state index contributed by atoms with van der Waals surface area (Å²) in [5.41, 5.74) is 16.3. The number of aromatic nitrogens is 1. The summed E-state index contributed by atoms with van der Waals surface area (Å²) in [7, 11) is 0. The Morgan fingerprint density at radius 1 is 0.610 bits per heavy atom. The van der Waals surface area contributed by atoms with Crippen molar-refractivity contribution in [3.05, 3.63) is 224 Å². The Kier molecular flexibility index (Phi) is 10.6. The zero-order valence-electron chi connectivity index (χ0n) is 33.7. The molecule has 3 heteroatoms. The van der Waals surface area contributed by atoms with Gasteiger partial charge in [-0.2, -0.15) is 0 Å². The third-order valence-electron chi connectivity index (χ3n) is 11.2. The number of fused-ring (bicyclic) bond motifs is 3. The predicted octanol–water partition coefficient (Wildman–Crippen LogP) is 15.2. The first kappa shape index (κ1) is 37.4. The number of aliphatic imine (C=N–C) groups is 1. The molecule has 59 heavy (non-hydrogen) atoms. The summed E-state index contributed by atoms with van der Waals surface area (Å²) in [6.45, 7) is 9.31. The Morgan fingerprint density at radius 2 is 1.27 bits per heavy atom. The highest BCUT2D eigenvalue weighted by Gasteiger charge is 2.21. The first-order chi connectivity index (χ1) is 29.1. The Labute approximate surface area is 347 Å². The number of rotatable bonds is 11. The summed E-state index contributed by atoms with van der Waals surface area (Å²) in [4.78, 5) is 7.20. The number of hydrogen-bond donors (Lipinski definition) is 0. The molecule has 0 radical (unpaired) electrons. The minimum Gasteiger partial charge on any atom is -0.310 e. The first-order valence-electron chi connectivity index (χ1n) is 20.6. The number of anilines is 3. The Morgan fingerprint density at radius 3 is 1.97 bits per heavy atom. The highest BCUT2D eigenvalue weighted by molar-refractivity contribution is 6.13. The molecule has 0 fully saturated rings. The molecule has 0 bridgehead atoms. The first-order valence-corrected chi connectivity index (χ1v) is 20.6. The van der Waals surface area contributed by atoms with Crippen molar-refractivity contribution in [1.29, 1.82) is 0 Å². The van der Waals surface area contributed by atoms with E-state index in [-0.39, 0.29) is 5.92 Å². The molecular weight excluding hydrogens is 715 g/mol. The highest BCUT2D eigenvalue weighted by Crippen LogP contribution is 2.43. The average Bonchev–Trinajstić information content (AvgIpc) is 3.64. The van der Waals surface area contributed by atoms with Crippen LogP contribution in [0.5, 0.6) is 0 Å². The van der Waals surface area contributed by atoms with Crippen molar-refractivity contribution < 1.29 is 0 Å². The molecule has 0 saturated heterocycles. The maximum atomic E-state index is 4.79. The molecule has 0 N–H and O–H groups in total. The normalized spacial score (nSPS) is 12.9. The summed E-state index contributed by atoms with van der Waals surface area (Å²) in [5, 5.41) is 2.45. The molecule has 3 nitrogen and oxygen atoms in total. The predicted molar refractivity (Wildman–Crippen MR) is 254 cm³/mol. The fraction of sp³-hybridized carbons (Fsp3) is 0.0893. The smallest absolute Gasteiger partial charge is 0.0643 e. The van der Waals surface area contributed by atoms with Crippen LogP contribution in [-0.2, 0) is 0 Å². The molecule has 286 valence electrons. The van der Waals surface area contributed by atoms with Gasteiger partial charge in [0, 0.05) is 40.1 Å². The Hall–Kier alpha value is -7.23. The average molecular weight is 762 g/mol. The molecule has 8 aromatic rings. The second-order valence-electron chi connectivity index (χ2n) is 15.3. The summed E-state index contributed by atoms with van der Waals surface area (Å²) < 4.78 is 2.40. The van der Waals surface area contributed by atoms with Gasteiger partial charge in [0.1, 0.15) is 0 Å². The van der Waals surface area contributed by atoms with Gasteiger partial charge in [-0.1, -0.05) is 154 Å². The summed E-state index contributed by atoms with van der Waals surface area (Å²) >= 11 is 0. The molecule has 0 atom stereocenters. The molecular formula is C56H47N3. The molecule has 2 heterocycles. The fourth-order valence-electron chi connectivity index (χ4n) is 8.31. The van der Waals surface area contributed by atoms with Crippen LogP contribution < -0.4 is 4.90 Å². The van der Waals surface area contributed by atoms with Gasteiger partial charge >= 0.3 is 0 Å². The van der Waals surface area contributed by atoms with Crippen molar-refractivity contribution in [1.82, 2.24) is 4.57 Å². The van der Waals surface area contributed by atoms with Crippen molar-refractivity contribution in [3.63, 3.8) is 0 Å². The lowest BCUT2D eigenvalue weighted by Gasteiger charge is -2.29. The summed E-state index contributed by atoms with van der Waals surface area (Å²) in [6, 6.07) is 59.6. The van der Waals surface area contributed by atoms with Crippen LogP contribution in [0.15, 0.2) is 212 Å². The molecule has 0 amide bonds. The number of benzene rings is 7. The molecule has 0 aliphatic carbocycles. The molecule has 0 saturated carbocycles. The van der Waals surface area contributed by atoms with Gasteiger partial charge in [0.05, 0.1) is 16.7 Å². The van der Waals surface area contributed by atoms with E-state index in [0.717, 1.165) is 52.6 Å². The quantitative estimate of drug-likeness (QED) is 0.120. The van der Waals surface area contributed by atoms with Crippen LogP contribution in [0.2, 0.25) is 0 Å². The zero-order valence-corrected chi connectivity index (χ0v) is 33.7. The van der Waals surface area contributed by atoms with Gasteiger partial charge in [-0.3, -0.25) is 4.99 Å². The van der Waals surface area contributed by atoms with Gasteiger partial charge in [0.25, 0.3) is 0 Å². The lowest BCUT2D eigenvalue weighted by Crippen LogP contribution is -2.13. The van der Waals surface area contributed by atoms with Crippen LogP contribution in [0.4, 0.5) is 17.1 Å². The van der Waals surface area contributed by atoms with E-state index in [1.54, 1.807) is 0 Å². The highest BCUT2D eigenvalue weighted by atomic mass is 15.1. The molecule has 7 aromatic carbocycles. The SMILES string of the molecule is C=C/C=C\C=C\c1cc(-c2ccc(N(c3ccc(C4=NCCC=C4)cc3)c3ccc(-c4ccccc4)cc3)c(C(C)C)c2)cc2c3ccccc3n(-c3ccccc3)c12. The van der Waals surface area contributed by atoms with Gasteiger partial charge < -0.3 is 9.47 Å². The number of dihydropyridines is 1. The van der Waals surface area contributed by atoms with Crippen LogP contribution in [-0.4, -0.2) is 16.8 Å². The van der Waals surface area contributed by atoms with E-state index >= 15 is 0 Å². The van der Waals surface area contributed by atoms with Gasteiger partial charge in [-0.05, 0) is 124 Å². The van der Waals surface area contributed by atoms with Crippen molar-refractivity contribution in [2.75, 3.05) is 11.4 Å². The lowest BCUT2D eigenvalue weighted by atomic mass is 9.92. The molecule has 1 aromatic heterocycles. The minimum atomic E-state index is 0.254. The fourth-order valence-corrected chi connectivity index (χ4v) is 8.31. The topological polar surface area (TPSA) is 20.5 Å². The van der Waals surface area contributed by atoms with Gasteiger partial charge in [0.2, 0.25) is 0 Å². The van der Waals surface area contributed by atoms with Crippen molar-refractivity contribution in [2.24, 2.45) is 4.99 Å². The standard InChI is InChI=1S/C56H47N3/c1-4-5-6-9-20-45-37-46(39-52-50-23-14-15-25-54(50)59(56(45)52)47-21-12-8-13-22-47)44-30-35-55(51(38-44)40(2)3)58(48-31-26-42(27-32-48)41-18-10-7-11-19-41)49-33-28-43(29-34-49)53-24-16-17-36-57-53/h4-16,18-35,37-40H,1,17,36H2,2-3H3/b6-5-,20-9+. The van der Waals surface area contributed by atoms with E-state index in [0.29, 0.717) is 0 Å². The lowest BCUT2D eigenvalue weighted by molar-refractivity contribution is 0.865. The third kappa shape index (κ3) is 7.51. The summed E-state index contributed by atoms with van der Waals surface area (Å²) in [6.07, 6.45) is 15.5. The molecule has 9 rings (SSSR count). The van der Waals surface area contributed by atoms with Gasteiger partial charge in [0.15, 0.2) is 0 Å². The van der Waals surface area contributed by atoms with E-state index < -0.39 is 0 Å². The second-order valence-corrected chi connectivity index (χ2v) is 15.3. The van der Waals surface area contributed by atoms with E-state index in [1.807, 2.05) is 18.2 Å². The minimum absolute atomic E-state index is 0.254. The van der Waals surface area contributed by atoms with Crippen molar-refractivity contribution in [2.45, 2.75) is 26.2 Å². The van der Waals surface area contributed by atoms with Crippen LogP contribution in [0, 0.1) is 0 Å². The van der Waals surface area contributed by atoms with Crippen LogP contribution in [0.1, 0.15) is 42.9 Å².